The first kappa shape index (κ1) is 14.3. The minimum Gasteiger partial charge on any atom is -0.468 e. The maximum atomic E-state index is 12.3. The van der Waals surface area contributed by atoms with E-state index in [2.05, 4.69) is 17.0 Å². The van der Waals surface area contributed by atoms with E-state index in [0.717, 1.165) is 26.1 Å². The molecule has 0 radical (unpaired) electrons. The van der Waals surface area contributed by atoms with E-state index in [9.17, 15) is 9.59 Å². The van der Waals surface area contributed by atoms with Gasteiger partial charge in [-0.15, -0.1) is 0 Å². The summed E-state index contributed by atoms with van der Waals surface area (Å²) in [5, 5.41) is 3.28. The Bertz CT molecular complexity index is 340. The Morgan fingerprint density at radius 1 is 1.26 bits per heavy atom. The highest BCUT2D eigenvalue weighted by Crippen LogP contribution is 2.17. The molecule has 6 heteroatoms. The molecule has 2 heterocycles. The number of ether oxygens (including phenoxy) is 1. The number of carbonyl (C=O) groups excluding carboxylic acids is 2. The second-order valence-electron chi connectivity index (χ2n) is 5.38. The third-order valence-corrected chi connectivity index (χ3v) is 4.06. The Hall–Kier alpha value is -1.14. The zero-order chi connectivity index (χ0) is 13.8. The SMILES string of the molecule is COC(=O)CN1CCN(C(=O)C2NCCC2C)CC1. The average Bonchev–Trinajstić information content (AvgIpc) is 2.85. The number of esters is 1. The molecule has 0 aromatic heterocycles. The lowest BCUT2D eigenvalue weighted by Crippen LogP contribution is -2.54. The molecule has 2 aliphatic heterocycles. The van der Waals surface area contributed by atoms with Crippen LogP contribution < -0.4 is 5.32 Å². The first-order valence-electron chi connectivity index (χ1n) is 6.93. The van der Waals surface area contributed by atoms with Gasteiger partial charge >= 0.3 is 5.97 Å². The van der Waals surface area contributed by atoms with Gasteiger partial charge in [-0.2, -0.15) is 0 Å². The number of nitrogens with one attached hydrogen (secondary N) is 1. The normalized spacial score (nSPS) is 28.4. The fourth-order valence-electron chi connectivity index (χ4n) is 2.74. The lowest BCUT2D eigenvalue weighted by molar-refractivity contribution is -0.143. The molecule has 2 saturated heterocycles. The number of carbonyl (C=O) groups is 2. The number of amides is 1. The lowest BCUT2D eigenvalue weighted by Gasteiger charge is -2.35. The molecule has 0 aromatic carbocycles. The molecule has 6 nitrogen and oxygen atoms in total. The summed E-state index contributed by atoms with van der Waals surface area (Å²) >= 11 is 0. The number of hydrogen-bond donors (Lipinski definition) is 1. The second kappa shape index (κ2) is 6.34. The molecule has 2 rings (SSSR count). The maximum absolute atomic E-state index is 12.3. The van der Waals surface area contributed by atoms with E-state index in [4.69, 9.17) is 0 Å². The van der Waals surface area contributed by atoms with Gasteiger partial charge in [-0.25, -0.2) is 0 Å². The molecule has 1 amide bonds. The van der Waals surface area contributed by atoms with E-state index < -0.39 is 0 Å². The molecule has 2 unspecified atom stereocenters. The third kappa shape index (κ3) is 3.45. The summed E-state index contributed by atoms with van der Waals surface area (Å²) in [4.78, 5) is 27.5. The minimum absolute atomic E-state index is 0.0212. The van der Waals surface area contributed by atoms with E-state index >= 15 is 0 Å². The molecular formula is C13H23N3O3. The molecule has 0 aliphatic carbocycles. The van der Waals surface area contributed by atoms with Crippen LogP contribution in [0.2, 0.25) is 0 Å². The van der Waals surface area contributed by atoms with Gasteiger partial charge in [-0.3, -0.25) is 14.5 Å². The smallest absolute Gasteiger partial charge is 0.319 e. The van der Waals surface area contributed by atoms with E-state index in [1.807, 2.05) is 9.80 Å². The van der Waals surface area contributed by atoms with Crippen molar-refractivity contribution in [2.75, 3.05) is 46.4 Å². The predicted molar refractivity (Wildman–Crippen MR) is 70.6 cm³/mol. The van der Waals surface area contributed by atoms with Gasteiger partial charge in [0.15, 0.2) is 0 Å². The van der Waals surface area contributed by atoms with Crippen LogP contribution in [-0.4, -0.2) is 74.1 Å². The highest BCUT2D eigenvalue weighted by molar-refractivity contribution is 5.82. The van der Waals surface area contributed by atoms with Crippen molar-refractivity contribution in [2.45, 2.75) is 19.4 Å². The van der Waals surface area contributed by atoms with Crippen molar-refractivity contribution in [3.63, 3.8) is 0 Å². The van der Waals surface area contributed by atoms with Crippen LogP contribution in [0.15, 0.2) is 0 Å². The highest BCUT2D eigenvalue weighted by atomic mass is 16.5. The fourth-order valence-corrected chi connectivity index (χ4v) is 2.74. The van der Waals surface area contributed by atoms with Crippen molar-refractivity contribution in [3.8, 4) is 0 Å². The van der Waals surface area contributed by atoms with Crippen LogP contribution in [0.25, 0.3) is 0 Å². The summed E-state index contributed by atoms with van der Waals surface area (Å²) < 4.78 is 4.65. The van der Waals surface area contributed by atoms with Gasteiger partial charge in [0.05, 0.1) is 19.7 Å². The zero-order valence-electron chi connectivity index (χ0n) is 11.7. The number of methoxy groups -OCH3 is 1. The molecule has 0 aromatic rings. The fraction of sp³-hybridized carbons (Fsp3) is 0.846. The van der Waals surface area contributed by atoms with Gasteiger partial charge in [0.2, 0.25) is 5.91 Å². The standard InChI is InChI=1S/C13H23N3O3/c1-10-3-4-14-12(10)13(18)16-7-5-15(6-8-16)9-11(17)19-2/h10,12,14H,3-9H2,1-2H3. The van der Waals surface area contributed by atoms with Crippen molar-refractivity contribution < 1.29 is 14.3 Å². The first-order chi connectivity index (χ1) is 9.11. The summed E-state index contributed by atoms with van der Waals surface area (Å²) in [5.41, 5.74) is 0. The van der Waals surface area contributed by atoms with Crippen molar-refractivity contribution in [2.24, 2.45) is 5.92 Å². The van der Waals surface area contributed by atoms with Crippen LogP contribution in [0.3, 0.4) is 0 Å². The molecule has 2 aliphatic rings. The van der Waals surface area contributed by atoms with Gasteiger partial charge in [0.25, 0.3) is 0 Å². The number of hydrogen-bond acceptors (Lipinski definition) is 5. The third-order valence-electron chi connectivity index (χ3n) is 4.06. The Balaban J connectivity index is 1.79. The van der Waals surface area contributed by atoms with Gasteiger partial charge in [0, 0.05) is 26.2 Å². The molecule has 1 N–H and O–H groups in total. The quantitative estimate of drug-likeness (QED) is 0.687. The Labute approximate surface area is 114 Å². The van der Waals surface area contributed by atoms with Gasteiger partial charge in [-0.05, 0) is 18.9 Å². The maximum Gasteiger partial charge on any atom is 0.319 e. The number of nitrogens with zero attached hydrogens (tertiary/aromatic N) is 2. The summed E-state index contributed by atoms with van der Waals surface area (Å²) in [6, 6.07) is -0.0212. The predicted octanol–water partition coefficient (Wildman–Crippen LogP) is -0.698. The van der Waals surface area contributed by atoms with Crippen LogP contribution in [0.4, 0.5) is 0 Å². The molecule has 0 saturated carbocycles. The average molecular weight is 269 g/mol. The second-order valence-corrected chi connectivity index (χ2v) is 5.38. The van der Waals surface area contributed by atoms with Crippen LogP contribution in [0, 0.1) is 5.92 Å². The lowest BCUT2D eigenvalue weighted by atomic mass is 10.0. The van der Waals surface area contributed by atoms with Crippen molar-refractivity contribution in [3.05, 3.63) is 0 Å². The summed E-state index contributed by atoms with van der Waals surface area (Å²) in [5.74, 6) is 0.411. The van der Waals surface area contributed by atoms with Gasteiger partial charge < -0.3 is 15.0 Å². The zero-order valence-corrected chi connectivity index (χ0v) is 11.7. The van der Waals surface area contributed by atoms with Crippen LogP contribution in [0.5, 0.6) is 0 Å². The highest BCUT2D eigenvalue weighted by Gasteiger charge is 2.33. The van der Waals surface area contributed by atoms with Crippen molar-refractivity contribution >= 4 is 11.9 Å². The summed E-state index contributed by atoms with van der Waals surface area (Å²) in [7, 11) is 1.40. The monoisotopic (exact) mass is 269 g/mol. The Morgan fingerprint density at radius 3 is 2.47 bits per heavy atom. The van der Waals surface area contributed by atoms with Crippen molar-refractivity contribution in [1.29, 1.82) is 0 Å². The molecule has 19 heavy (non-hydrogen) atoms. The number of rotatable bonds is 3. The van der Waals surface area contributed by atoms with Crippen LogP contribution in [0.1, 0.15) is 13.3 Å². The molecular weight excluding hydrogens is 246 g/mol. The van der Waals surface area contributed by atoms with E-state index in [1.54, 1.807) is 0 Å². The molecule has 108 valence electrons. The molecule has 0 bridgehead atoms. The Morgan fingerprint density at radius 2 is 1.95 bits per heavy atom. The minimum atomic E-state index is -0.217. The molecule has 2 fully saturated rings. The van der Waals surface area contributed by atoms with E-state index in [1.165, 1.54) is 7.11 Å². The first-order valence-corrected chi connectivity index (χ1v) is 6.93. The van der Waals surface area contributed by atoms with E-state index in [-0.39, 0.29) is 17.9 Å². The van der Waals surface area contributed by atoms with Gasteiger partial charge in [0.1, 0.15) is 0 Å². The topological polar surface area (TPSA) is 61.9 Å². The molecule has 2 atom stereocenters. The molecule has 0 spiro atoms. The Kier molecular flexibility index (Phi) is 4.76. The van der Waals surface area contributed by atoms with Crippen molar-refractivity contribution in [1.82, 2.24) is 15.1 Å². The largest absolute Gasteiger partial charge is 0.468 e. The number of piperazine rings is 1. The van der Waals surface area contributed by atoms with Crippen LogP contribution in [-0.2, 0) is 14.3 Å². The van der Waals surface area contributed by atoms with Crippen LogP contribution >= 0.6 is 0 Å². The summed E-state index contributed by atoms with van der Waals surface area (Å²) in [6.07, 6.45) is 1.07. The van der Waals surface area contributed by atoms with Gasteiger partial charge in [-0.1, -0.05) is 6.92 Å². The summed E-state index contributed by atoms with van der Waals surface area (Å²) in [6.45, 7) is 6.23. The van der Waals surface area contributed by atoms with E-state index in [0.29, 0.717) is 25.6 Å².